The van der Waals surface area contributed by atoms with Crippen molar-refractivity contribution < 1.29 is 9.13 Å². The molecule has 170 valence electrons. The molecule has 2 heterocycles. The summed E-state index contributed by atoms with van der Waals surface area (Å²) in [6.07, 6.45) is 0. The van der Waals surface area contributed by atoms with E-state index in [-0.39, 0.29) is 5.82 Å². The maximum atomic E-state index is 13.3. The molecule has 3 aromatic carbocycles. The molecule has 0 saturated carbocycles. The molecular formula is C27H24FN5O. The van der Waals surface area contributed by atoms with E-state index in [1.165, 1.54) is 12.1 Å². The number of nitrogens with zero attached hydrogens (tertiary/aromatic N) is 5. The second-order valence-corrected chi connectivity index (χ2v) is 8.21. The number of methoxy groups -OCH3 is 1. The van der Waals surface area contributed by atoms with Crippen LogP contribution >= 0.6 is 0 Å². The fraction of sp³-hybridized carbons (Fsp3) is 0.222. The van der Waals surface area contributed by atoms with Crippen LogP contribution in [-0.2, 0) is 0 Å². The Morgan fingerprint density at radius 1 is 0.853 bits per heavy atom. The fourth-order valence-corrected chi connectivity index (χ4v) is 4.35. The molecule has 1 aromatic heterocycles. The SMILES string of the molecule is COc1ccc([C@@H](C#N)c2nc3ccccc3nc2N2CCN(c3ccc(F)cc3)CC2)cc1. The zero-order chi connectivity index (χ0) is 23.5. The quantitative estimate of drug-likeness (QED) is 0.434. The summed E-state index contributed by atoms with van der Waals surface area (Å²) in [5.41, 5.74) is 4.06. The second-order valence-electron chi connectivity index (χ2n) is 8.21. The van der Waals surface area contributed by atoms with Crippen molar-refractivity contribution in [3.8, 4) is 11.8 Å². The van der Waals surface area contributed by atoms with Crippen molar-refractivity contribution in [1.29, 1.82) is 5.26 Å². The molecule has 1 fully saturated rings. The van der Waals surface area contributed by atoms with Crippen LogP contribution in [0.4, 0.5) is 15.9 Å². The van der Waals surface area contributed by atoms with Gasteiger partial charge >= 0.3 is 0 Å². The average Bonchev–Trinajstić information content (AvgIpc) is 2.90. The molecule has 5 rings (SSSR count). The minimum absolute atomic E-state index is 0.237. The Bertz CT molecular complexity index is 1330. The van der Waals surface area contributed by atoms with Crippen LogP contribution in [0.2, 0.25) is 0 Å². The van der Waals surface area contributed by atoms with Gasteiger partial charge in [0, 0.05) is 31.9 Å². The molecule has 0 aliphatic carbocycles. The van der Waals surface area contributed by atoms with Gasteiger partial charge in [-0.3, -0.25) is 0 Å². The van der Waals surface area contributed by atoms with Crippen molar-refractivity contribution in [3.05, 3.63) is 89.9 Å². The molecule has 1 aliphatic heterocycles. The number of ether oxygens (including phenoxy) is 1. The molecule has 34 heavy (non-hydrogen) atoms. The number of hydrogen-bond donors (Lipinski definition) is 0. The summed E-state index contributed by atoms with van der Waals surface area (Å²) in [6.45, 7) is 2.97. The highest BCUT2D eigenvalue weighted by Gasteiger charge is 2.27. The van der Waals surface area contributed by atoms with E-state index in [1.807, 2.05) is 60.7 Å². The zero-order valence-corrected chi connectivity index (χ0v) is 18.9. The fourth-order valence-electron chi connectivity index (χ4n) is 4.35. The molecule has 0 bridgehead atoms. The first-order valence-corrected chi connectivity index (χ1v) is 11.2. The van der Waals surface area contributed by atoms with Gasteiger partial charge in [-0.1, -0.05) is 24.3 Å². The molecule has 0 N–H and O–H groups in total. The third-order valence-corrected chi connectivity index (χ3v) is 6.20. The number of piperazine rings is 1. The molecule has 1 atom stereocenters. The summed E-state index contributed by atoms with van der Waals surface area (Å²) in [6, 6.07) is 24.3. The van der Waals surface area contributed by atoms with E-state index in [4.69, 9.17) is 14.7 Å². The third kappa shape index (κ3) is 4.23. The van der Waals surface area contributed by atoms with E-state index in [1.54, 1.807) is 7.11 Å². The number of benzene rings is 3. The van der Waals surface area contributed by atoms with Crippen LogP contribution in [0, 0.1) is 17.1 Å². The summed E-state index contributed by atoms with van der Waals surface area (Å²) in [4.78, 5) is 14.3. The number of rotatable bonds is 5. The van der Waals surface area contributed by atoms with Crippen molar-refractivity contribution in [2.24, 2.45) is 0 Å². The average molecular weight is 454 g/mol. The molecule has 0 amide bonds. The van der Waals surface area contributed by atoms with Gasteiger partial charge in [-0.2, -0.15) is 5.26 Å². The molecule has 1 saturated heterocycles. The van der Waals surface area contributed by atoms with Crippen LogP contribution in [0.1, 0.15) is 17.2 Å². The van der Waals surface area contributed by atoms with E-state index in [9.17, 15) is 9.65 Å². The standard InChI is InChI=1S/C27H24FN5O/c1-34-22-12-6-19(7-13-22)23(18-29)26-27(31-25-5-3-2-4-24(25)30-26)33-16-14-32(15-17-33)21-10-8-20(28)9-11-21/h2-13,23H,14-17H2,1H3/t23-/m1/s1. The molecule has 4 aromatic rings. The van der Waals surface area contributed by atoms with Crippen LogP contribution in [0.5, 0.6) is 5.75 Å². The molecule has 0 radical (unpaired) electrons. The molecule has 1 aliphatic rings. The van der Waals surface area contributed by atoms with Crippen LogP contribution < -0.4 is 14.5 Å². The lowest BCUT2D eigenvalue weighted by Gasteiger charge is -2.37. The number of halogens is 1. The van der Waals surface area contributed by atoms with Crippen molar-refractivity contribution >= 4 is 22.5 Å². The summed E-state index contributed by atoms with van der Waals surface area (Å²) in [7, 11) is 1.62. The topological polar surface area (TPSA) is 65.3 Å². The van der Waals surface area contributed by atoms with E-state index in [2.05, 4.69) is 15.9 Å². The number of anilines is 2. The van der Waals surface area contributed by atoms with Gasteiger partial charge in [-0.15, -0.1) is 0 Å². The van der Waals surface area contributed by atoms with Gasteiger partial charge in [-0.05, 0) is 54.1 Å². The Morgan fingerprint density at radius 3 is 2.09 bits per heavy atom. The van der Waals surface area contributed by atoms with Crippen LogP contribution in [0.15, 0.2) is 72.8 Å². The Kier molecular flexibility index (Phi) is 5.96. The van der Waals surface area contributed by atoms with Gasteiger partial charge in [-0.25, -0.2) is 14.4 Å². The lowest BCUT2D eigenvalue weighted by Crippen LogP contribution is -2.47. The van der Waals surface area contributed by atoms with Gasteiger partial charge < -0.3 is 14.5 Å². The number of hydrogen-bond acceptors (Lipinski definition) is 6. The number of fused-ring (bicyclic) bond motifs is 1. The predicted molar refractivity (Wildman–Crippen MR) is 131 cm³/mol. The summed E-state index contributed by atoms with van der Waals surface area (Å²) in [5, 5.41) is 10.2. The van der Waals surface area contributed by atoms with Crippen molar-refractivity contribution in [2.75, 3.05) is 43.1 Å². The molecule has 6 nitrogen and oxygen atoms in total. The van der Waals surface area contributed by atoms with E-state index < -0.39 is 5.92 Å². The summed E-state index contributed by atoms with van der Waals surface area (Å²) in [5.74, 6) is 0.676. The highest BCUT2D eigenvalue weighted by atomic mass is 19.1. The zero-order valence-electron chi connectivity index (χ0n) is 18.9. The number of nitriles is 1. The Balaban J connectivity index is 1.49. The van der Waals surface area contributed by atoms with Crippen LogP contribution in [-0.4, -0.2) is 43.3 Å². The van der Waals surface area contributed by atoms with Gasteiger partial charge in [0.05, 0.1) is 24.2 Å². The van der Waals surface area contributed by atoms with Crippen LogP contribution in [0.3, 0.4) is 0 Å². The van der Waals surface area contributed by atoms with E-state index in [0.29, 0.717) is 5.69 Å². The molecular weight excluding hydrogens is 429 g/mol. The lowest BCUT2D eigenvalue weighted by atomic mass is 9.96. The van der Waals surface area contributed by atoms with E-state index in [0.717, 1.165) is 60.0 Å². The first-order valence-electron chi connectivity index (χ1n) is 11.2. The molecule has 0 unspecified atom stereocenters. The Hall–Kier alpha value is -4.18. The monoisotopic (exact) mass is 453 g/mol. The van der Waals surface area contributed by atoms with Gasteiger partial charge in [0.2, 0.25) is 0 Å². The predicted octanol–water partition coefficient (Wildman–Crippen LogP) is 4.76. The van der Waals surface area contributed by atoms with Crippen molar-refractivity contribution in [1.82, 2.24) is 9.97 Å². The summed E-state index contributed by atoms with van der Waals surface area (Å²) >= 11 is 0. The lowest BCUT2D eigenvalue weighted by molar-refractivity contribution is 0.414. The second kappa shape index (κ2) is 9.36. The maximum Gasteiger partial charge on any atom is 0.152 e. The smallest absolute Gasteiger partial charge is 0.152 e. The normalized spacial score (nSPS) is 14.6. The first-order chi connectivity index (χ1) is 16.7. The molecule has 0 spiro atoms. The largest absolute Gasteiger partial charge is 0.497 e. The van der Waals surface area contributed by atoms with Crippen molar-refractivity contribution in [2.45, 2.75) is 5.92 Å². The molecule has 7 heteroatoms. The van der Waals surface area contributed by atoms with Gasteiger partial charge in [0.15, 0.2) is 5.82 Å². The minimum Gasteiger partial charge on any atom is -0.497 e. The highest BCUT2D eigenvalue weighted by molar-refractivity contribution is 5.77. The maximum absolute atomic E-state index is 13.3. The first kappa shape index (κ1) is 21.7. The van der Waals surface area contributed by atoms with E-state index >= 15 is 0 Å². The summed E-state index contributed by atoms with van der Waals surface area (Å²) < 4.78 is 18.6. The number of para-hydroxylation sites is 2. The van der Waals surface area contributed by atoms with Crippen LogP contribution in [0.25, 0.3) is 11.0 Å². The number of aromatic nitrogens is 2. The van der Waals surface area contributed by atoms with Gasteiger partial charge in [0.1, 0.15) is 23.2 Å². The highest BCUT2D eigenvalue weighted by Crippen LogP contribution is 2.33. The third-order valence-electron chi connectivity index (χ3n) is 6.20. The minimum atomic E-state index is -0.562. The Labute approximate surface area is 197 Å². The van der Waals surface area contributed by atoms with Crippen molar-refractivity contribution in [3.63, 3.8) is 0 Å². The van der Waals surface area contributed by atoms with Gasteiger partial charge in [0.25, 0.3) is 0 Å². The Morgan fingerprint density at radius 2 is 1.47 bits per heavy atom.